The summed E-state index contributed by atoms with van der Waals surface area (Å²) in [5.74, 6) is -4.25. The highest BCUT2D eigenvalue weighted by Crippen LogP contribution is 2.11. The van der Waals surface area contributed by atoms with E-state index < -0.39 is 48.5 Å². The molecule has 0 fully saturated rings. The first-order valence-corrected chi connectivity index (χ1v) is 8.33. The molecule has 0 aromatic heterocycles. The Morgan fingerprint density at radius 1 is 0.964 bits per heavy atom. The summed E-state index contributed by atoms with van der Waals surface area (Å²) in [6.07, 6.45) is -0.608. The quantitative estimate of drug-likeness (QED) is 0.224. The van der Waals surface area contributed by atoms with E-state index in [-0.39, 0.29) is 25.0 Å². The van der Waals surface area contributed by atoms with Crippen LogP contribution in [0, 0.1) is 0 Å². The van der Waals surface area contributed by atoms with Crippen molar-refractivity contribution in [3.05, 3.63) is 29.8 Å². The third-order valence-corrected chi connectivity index (χ3v) is 3.81. The van der Waals surface area contributed by atoms with Crippen molar-refractivity contribution in [1.82, 2.24) is 10.6 Å². The fraction of sp³-hybridized carbons (Fsp3) is 0.412. The number of rotatable bonds is 11. The van der Waals surface area contributed by atoms with Gasteiger partial charge in [-0.1, -0.05) is 12.1 Å². The molecule has 0 bridgehead atoms. The van der Waals surface area contributed by atoms with Crippen molar-refractivity contribution in [3.63, 3.8) is 0 Å². The highest BCUT2D eigenvalue weighted by atomic mass is 16.4. The Labute approximate surface area is 160 Å². The first-order valence-electron chi connectivity index (χ1n) is 8.33. The third kappa shape index (κ3) is 7.60. The van der Waals surface area contributed by atoms with E-state index in [1.807, 2.05) is 0 Å². The lowest BCUT2D eigenvalue weighted by Crippen LogP contribution is -2.56. The highest BCUT2D eigenvalue weighted by molar-refractivity contribution is 5.92. The summed E-state index contributed by atoms with van der Waals surface area (Å²) in [6.45, 7) is -0.811. The normalized spacial score (nSPS) is 13.8. The molecule has 3 atom stereocenters. The van der Waals surface area contributed by atoms with Crippen molar-refractivity contribution in [2.45, 2.75) is 37.4 Å². The summed E-state index contributed by atoms with van der Waals surface area (Å²) in [7, 11) is 0. The van der Waals surface area contributed by atoms with Crippen LogP contribution in [0.15, 0.2) is 24.3 Å². The van der Waals surface area contributed by atoms with Gasteiger partial charge >= 0.3 is 11.9 Å². The summed E-state index contributed by atoms with van der Waals surface area (Å²) in [6, 6.07) is 1.71. The number of amides is 2. The molecule has 0 aliphatic rings. The summed E-state index contributed by atoms with van der Waals surface area (Å²) in [5.41, 5.74) is 6.06. The number of aliphatic carboxylic acids is 2. The van der Waals surface area contributed by atoms with Crippen LogP contribution in [0.25, 0.3) is 0 Å². The minimum absolute atomic E-state index is 0.00181. The number of carbonyl (C=O) groups excluding carboxylic acids is 2. The van der Waals surface area contributed by atoms with Crippen LogP contribution in [-0.2, 0) is 25.6 Å². The van der Waals surface area contributed by atoms with Crippen molar-refractivity contribution in [2.75, 3.05) is 6.61 Å². The van der Waals surface area contributed by atoms with Crippen LogP contribution in [-0.4, -0.2) is 68.9 Å². The van der Waals surface area contributed by atoms with E-state index in [1.54, 1.807) is 0 Å². The molecule has 0 aliphatic carbocycles. The Balaban J connectivity index is 2.70. The second kappa shape index (κ2) is 10.8. The van der Waals surface area contributed by atoms with Gasteiger partial charge in [0.25, 0.3) is 0 Å². The van der Waals surface area contributed by atoms with E-state index >= 15 is 0 Å². The zero-order valence-electron chi connectivity index (χ0n) is 14.9. The molecule has 3 unspecified atom stereocenters. The molecule has 8 N–H and O–H groups in total. The van der Waals surface area contributed by atoms with Crippen molar-refractivity contribution >= 4 is 23.8 Å². The molecule has 0 spiro atoms. The minimum atomic E-state index is -1.45. The molecule has 0 saturated carbocycles. The van der Waals surface area contributed by atoms with E-state index in [0.29, 0.717) is 5.56 Å². The van der Waals surface area contributed by atoms with Gasteiger partial charge in [0, 0.05) is 12.8 Å². The second-order valence-corrected chi connectivity index (χ2v) is 6.05. The molecule has 2 amide bonds. The first kappa shape index (κ1) is 22.9. The van der Waals surface area contributed by atoms with E-state index in [4.69, 9.17) is 10.8 Å². The van der Waals surface area contributed by atoms with E-state index in [0.717, 1.165) is 0 Å². The van der Waals surface area contributed by atoms with Gasteiger partial charge < -0.3 is 36.8 Å². The molecule has 28 heavy (non-hydrogen) atoms. The summed E-state index contributed by atoms with van der Waals surface area (Å²) in [5, 5.41) is 40.8. The summed E-state index contributed by atoms with van der Waals surface area (Å²) in [4.78, 5) is 46.1. The third-order valence-electron chi connectivity index (χ3n) is 3.81. The van der Waals surface area contributed by atoms with Gasteiger partial charge in [-0.25, -0.2) is 4.79 Å². The lowest BCUT2D eigenvalue weighted by Gasteiger charge is -2.21. The maximum absolute atomic E-state index is 12.2. The van der Waals surface area contributed by atoms with E-state index in [1.165, 1.54) is 24.3 Å². The van der Waals surface area contributed by atoms with Gasteiger partial charge in [0.05, 0.1) is 12.6 Å². The van der Waals surface area contributed by atoms with E-state index in [2.05, 4.69) is 10.6 Å². The van der Waals surface area contributed by atoms with Crippen LogP contribution >= 0.6 is 0 Å². The number of carboxylic acids is 2. The molecule has 154 valence electrons. The number of carboxylic acid groups (broad SMARTS) is 2. The second-order valence-electron chi connectivity index (χ2n) is 6.05. The van der Waals surface area contributed by atoms with Crippen molar-refractivity contribution in [3.8, 4) is 5.75 Å². The molecule has 0 radical (unpaired) electrons. The smallest absolute Gasteiger partial charge is 0.326 e. The van der Waals surface area contributed by atoms with Crippen molar-refractivity contribution < 1.29 is 39.6 Å². The van der Waals surface area contributed by atoms with Gasteiger partial charge in [0.15, 0.2) is 0 Å². The topological polar surface area (TPSA) is 199 Å². The van der Waals surface area contributed by atoms with Crippen LogP contribution < -0.4 is 16.4 Å². The summed E-state index contributed by atoms with van der Waals surface area (Å²) >= 11 is 0. The first-order chi connectivity index (χ1) is 13.1. The van der Waals surface area contributed by atoms with Gasteiger partial charge in [-0.3, -0.25) is 14.4 Å². The molecular formula is C17H23N3O8. The zero-order chi connectivity index (χ0) is 21.3. The molecule has 1 aromatic carbocycles. The van der Waals surface area contributed by atoms with Crippen LogP contribution in [0.4, 0.5) is 0 Å². The number of benzene rings is 1. The molecule has 0 heterocycles. The number of nitrogens with two attached hydrogens (primary N) is 1. The number of phenols is 1. The number of hydrogen-bond acceptors (Lipinski definition) is 7. The number of aliphatic hydroxyl groups is 1. The molecule has 11 nitrogen and oxygen atoms in total. The molecule has 0 saturated heterocycles. The Kier molecular flexibility index (Phi) is 8.85. The van der Waals surface area contributed by atoms with Crippen LogP contribution in [0.1, 0.15) is 18.4 Å². The van der Waals surface area contributed by atoms with Crippen LogP contribution in [0.3, 0.4) is 0 Å². The number of nitrogens with one attached hydrogen (secondary N) is 2. The number of aromatic hydroxyl groups is 1. The molecule has 11 heteroatoms. The predicted molar refractivity (Wildman–Crippen MR) is 95.2 cm³/mol. The van der Waals surface area contributed by atoms with Gasteiger partial charge in [0.2, 0.25) is 11.8 Å². The van der Waals surface area contributed by atoms with Crippen LogP contribution in [0.5, 0.6) is 5.75 Å². The fourth-order valence-electron chi connectivity index (χ4n) is 2.22. The maximum atomic E-state index is 12.2. The lowest BCUT2D eigenvalue weighted by atomic mass is 10.1. The average Bonchev–Trinajstić information content (AvgIpc) is 2.64. The number of carbonyl (C=O) groups is 4. The minimum Gasteiger partial charge on any atom is -0.508 e. The molecular weight excluding hydrogens is 374 g/mol. The lowest BCUT2D eigenvalue weighted by molar-refractivity contribution is -0.142. The molecule has 1 aromatic rings. The fourth-order valence-corrected chi connectivity index (χ4v) is 2.22. The highest BCUT2D eigenvalue weighted by Gasteiger charge is 2.27. The standard InChI is InChI=1S/C17H23N3O8/c18-11(5-6-14(23)24)15(25)20-13(8-21)16(26)19-12(17(27)28)7-9-1-3-10(22)4-2-9/h1-4,11-13,21-22H,5-8,18H2,(H,19,26)(H,20,25)(H,23,24)(H,27,28). The predicted octanol–water partition coefficient (Wildman–Crippen LogP) is -1.83. The number of hydrogen-bond donors (Lipinski definition) is 7. The van der Waals surface area contributed by atoms with Crippen molar-refractivity contribution in [1.29, 1.82) is 0 Å². The van der Waals surface area contributed by atoms with Gasteiger partial charge in [-0.05, 0) is 24.1 Å². The van der Waals surface area contributed by atoms with Crippen LogP contribution in [0.2, 0.25) is 0 Å². The van der Waals surface area contributed by atoms with Gasteiger partial charge in [-0.15, -0.1) is 0 Å². The SMILES string of the molecule is NC(CCC(=O)O)C(=O)NC(CO)C(=O)NC(Cc1ccc(O)cc1)C(=O)O. The Morgan fingerprint density at radius 2 is 1.54 bits per heavy atom. The zero-order valence-corrected chi connectivity index (χ0v) is 14.9. The Hall–Kier alpha value is -3.18. The number of phenolic OH excluding ortho intramolecular Hbond substituents is 1. The maximum Gasteiger partial charge on any atom is 0.326 e. The monoisotopic (exact) mass is 397 g/mol. The summed E-state index contributed by atoms with van der Waals surface area (Å²) < 4.78 is 0. The molecule has 0 aliphatic heterocycles. The molecule has 1 rings (SSSR count). The Bertz CT molecular complexity index is 707. The van der Waals surface area contributed by atoms with E-state index in [9.17, 15) is 34.5 Å². The van der Waals surface area contributed by atoms with Gasteiger partial charge in [0.1, 0.15) is 17.8 Å². The average molecular weight is 397 g/mol. The largest absolute Gasteiger partial charge is 0.508 e. The Morgan fingerprint density at radius 3 is 2.04 bits per heavy atom. The number of aliphatic hydroxyl groups excluding tert-OH is 1. The van der Waals surface area contributed by atoms with Gasteiger partial charge in [-0.2, -0.15) is 0 Å². The van der Waals surface area contributed by atoms with Crippen molar-refractivity contribution in [2.24, 2.45) is 5.73 Å².